The molecule has 1 N–H and O–H groups in total. The minimum Gasteiger partial charge on any atom is -0.321 e. The number of carbonyl (C=O) groups excluding carboxylic acids is 1. The Bertz CT molecular complexity index is 690. The van der Waals surface area contributed by atoms with Gasteiger partial charge in [0.05, 0.1) is 0 Å². The first-order chi connectivity index (χ1) is 9.58. The molecule has 0 saturated carbocycles. The summed E-state index contributed by atoms with van der Waals surface area (Å²) >= 11 is 1.55. The van der Waals surface area contributed by atoms with Gasteiger partial charge in [-0.15, -0.1) is 11.3 Å². The maximum absolute atomic E-state index is 12.0. The zero-order valence-electron chi connectivity index (χ0n) is 11.3. The third kappa shape index (κ3) is 3.56. The molecule has 3 nitrogen and oxygen atoms in total. The number of aryl methyl sites for hydroxylation is 2. The highest BCUT2D eigenvalue weighted by Gasteiger charge is 2.09. The average Bonchev–Trinajstić information content (AvgIpc) is 2.84. The molecule has 1 aromatic carbocycles. The van der Waals surface area contributed by atoms with Crippen LogP contribution in [0.2, 0.25) is 0 Å². The maximum atomic E-state index is 12.0. The fourth-order valence-electron chi connectivity index (χ4n) is 1.66. The highest BCUT2D eigenvalue weighted by Crippen LogP contribution is 2.19. The van der Waals surface area contributed by atoms with Crippen LogP contribution in [0.5, 0.6) is 0 Å². The zero-order valence-corrected chi connectivity index (χ0v) is 12.1. The molecule has 0 fully saturated rings. The summed E-state index contributed by atoms with van der Waals surface area (Å²) in [5.41, 5.74) is 1.91. The third-order valence-corrected chi connectivity index (χ3v) is 3.67. The van der Waals surface area contributed by atoms with E-state index < -0.39 is 0 Å². The van der Waals surface area contributed by atoms with Crippen molar-refractivity contribution >= 4 is 29.0 Å². The summed E-state index contributed by atoms with van der Waals surface area (Å²) in [6.07, 6.45) is 1.61. The van der Waals surface area contributed by atoms with Crippen molar-refractivity contribution in [2.75, 3.05) is 5.32 Å². The SMILES string of the molecule is Cc1ccc(NC(=O)/C(C#N)=C\c2ccc(C)s2)cc1. The van der Waals surface area contributed by atoms with Gasteiger partial charge in [-0.1, -0.05) is 17.7 Å². The van der Waals surface area contributed by atoms with Crippen molar-refractivity contribution < 1.29 is 4.79 Å². The summed E-state index contributed by atoms with van der Waals surface area (Å²) < 4.78 is 0. The molecule has 0 spiro atoms. The molecule has 2 aromatic rings. The van der Waals surface area contributed by atoms with Gasteiger partial charge in [-0.3, -0.25) is 4.79 Å². The summed E-state index contributed by atoms with van der Waals surface area (Å²) in [5.74, 6) is -0.387. The van der Waals surface area contributed by atoms with Gasteiger partial charge in [0.1, 0.15) is 11.6 Å². The summed E-state index contributed by atoms with van der Waals surface area (Å²) in [4.78, 5) is 14.1. The summed E-state index contributed by atoms with van der Waals surface area (Å²) in [5, 5.41) is 11.8. The summed E-state index contributed by atoms with van der Waals surface area (Å²) in [6.45, 7) is 3.96. The van der Waals surface area contributed by atoms with Crippen molar-refractivity contribution in [3.05, 3.63) is 57.3 Å². The molecule has 2 rings (SSSR count). The van der Waals surface area contributed by atoms with E-state index in [9.17, 15) is 4.79 Å². The predicted molar refractivity (Wildman–Crippen MR) is 82.5 cm³/mol. The maximum Gasteiger partial charge on any atom is 0.266 e. The van der Waals surface area contributed by atoms with Crippen LogP contribution in [0, 0.1) is 25.2 Å². The molecule has 0 aliphatic carbocycles. The van der Waals surface area contributed by atoms with Crippen molar-refractivity contribution in [1.82, 2.24) is 0 Å². The molecule has 1 heterocycles. The monoisotopic (exact) mass is 282 g/mol. The standard InChI is InChI=1S/C16H14N2OS/c1-11-3-6-14(7-4-11)18-16(19)13(10-17)9-15-8-5-12(2)20-15/h3-9H,1-2H3,(H,18,19)/b13-9-. The van der Waals surface area contributed by atoms with Crippen LogP contribution in [0.25, 0.3) is 6.08 Å². The number of anilines is 1. The lowest BCUT2D eigenvalue weighted by atomic mass is 10.2. The Balaban J connectivity index is 2.16. The first-order valence-corrected chi connectivity index (χ1v) is 6.96. The van der Waals surface area contributed by atoms with Crippen LogP contribution >= 0.6 is 11.3 Å². The first kappa shape index (κ1) is 14.0. The van der Waals surface area contributed by atoms with E-state index in [1.165, 1.54) is 0 Å². The summed E-state index contributed by atoms with van der Waals surface area (Å²) in [6, 6.07) is 13.3. The van der Waals surface area contributed by atoms with Crippen LogP contribution in [0.15, 0.2) is 42.0 Å². The minimum atomic E-state index is -0.387. The van der Waals surface area contributed by atoms with Crippen molar-refractivity contribution in [3.63, 3.8) is 0 Å². The Labute approximate surface area is 122 Å². The molecule has 0 unspecified atom stereocenters. The number of amides is 1. The Morgan fingerprint density at radius 2 is 1.90 bits per heavy atom. The molecule has 20 heavy (non-hydrogen) atoms. The van der Waals surface area contributed by atoms with Crippen LogP contribution in [-0.2, 0) is 4.79 Å². The van der Waals surface area contributed by atoms with E-state index >= 15 is 0 Å². The topological polar surface area (TPSA) is 52.9 Å². The minimum absolute atomic E-state index is 0.104. The van der Waals surface area contributed by atoms with Crippen LogP contribution in [0.4, 0.5) is 5.69 Å². The molecule has 0 radical (unpaired) electrons. The largest absolute Gasteiger partial charge is 0.321 e. The third-order valence-electron chi connectivity index (χ3n) is 2.72. The van der Waals surface area contributed by atoms with Gasteiger partial charge >= 0.3 is 0 Å². The van der Waals surface area contributed by atoms with Gasteiger partial charge in [0.25, 0.3) is 5.91 Å². The second kappa shape index (κ2) is 6.18. The molecule has 0 aliphatic rings. The highest BCUT2D eigenvalue weighted by atomic mass is 32.1. The van der Waals surface area contributed by atoms with E-state index in [0.29, 0.717) is 5.69 Å². The molecule has 0 saturated heterocycles. The van der Waals surface area contributed by atoms with Crippen LogP contribution in [0.1, 0.15) is 15.3 Å². The van der Waals surface area contributed by atoms with E-state index in [-0.39, 0.29) is 11.5 Å². The second-order valence-electron chi connectivity index (χ2n) is 4.44. The van der Waals surface area contributed by atoms with E-state index in [2.05, 4.69) is 5.32 Å². The fraction of sp³-hybridized carbons (Fsp3) is 0.125. The number of nitrogens with one attached hydrogen (secondary N) is 1. The van der Waals surface area contributed by atoms with Crippen molar-refractivity contribution in [2.45, 2.75) is 13.8 Å². The zero-order chi connectivity index (χ0) is 14.5. The molecule has 0 aliphatic heterocycles. The predicted octanol–water partition coefficient (Wildman–Crippen LogP) is 3.91. The number of benzene rings is 1. The highest BCUT2D eigenvalue weighted by molar-refractivity contribution is 7.12. The average molecular weight is 282 g/mol. The lowest BCUT2D eigenvalue weighted by Gasteiger charge is -2.04. The van der Waals surface area contributed by atoms with Crippen LogP contribution in [0.3, 0.4) is 0 Å². The number of rotatable bonds is 3. The van der Waals surface area contributed by atoms with E-state index in [4.69, 9.17) is 5.26 Å². The van der Waals surface area contributed by atoms with E-state index in [1.807, 2.05) is 56.3 Å². The van der Waals surface area contributed by atoms with Crippen molar-refractivity contribution in [2.24, 2.45) is 0 Å². The first-order valence-electron chi connectivity index (χ1n) is 6.15. The van der Waals surface area contributed by atoms with Gasteiger partial charge in [0, 0.05) is 15.4 Å². The van der Waals surface area contributed by atoms with Gasteiger partial charge in [0.15, 0.2) is 0 Å². The second-order valence-corrected chi connectivity index (χ2v) is 5.76. The fourth-order valence-corrected chi connectivity index (χ4v) is 2.48. The quantitative estimate of drug-likeness (QED) is 0.685. The number of thiophene rings is 1. The van der Waals surface area contributed by atoms with Gasteiger partial charge in [0.2, 0.25) is 0 Å². The number of carbonyl (C=O) groups is 1. The molecule has 1 amide bonds. The van der Waals surface area contributed by atoms with Gasteiger partial charge in [-0.25, -0.2) is 0 Å². The number of hydrogen-bond donors (Lipinski definition) is 1. The Kier molecular flexibility index (Phi) is 4.34. The number of nitriles is 1. The smallest absolute Gasteiger partial charge is 0.266 e. The summed E-state index contributed by atoms with van der Waals surface area (Å²) in [7, 11) is 0. The Morgan fingerprint density at radius 1 is 1.20 bits per heavy atom. The van der Waals surface area contributed by atoms with Gasteiger partial charge in [-0.05, 0) is 44.2 Å². The molecular formula is C16H14N2OS. The molecule has 0 atom stereocenters. The lowest BCUT2D eigenvalue weighted by molar-refractivity contribution is -0.112. The van der Waals surface area contributed by atoms with Crippen LogP contribution < -0.4 is 5.32 Å². The van der Waals surface area contributed by atoms with Crippen molar-refractivity contribution in [3.8, 4) is 6.07 Å². The molecule has 100 valence electrons. The molecule has 0 bridgehead atoms. The van der Waals surface area contributed by atoms with Crippen LogP contribution in [-0.4, -0.2) is 5.91 Å². The Hall–Kier alpha value is -2.38. The molecule has 4 heteroatoms. The van der Waals surface area contributed by atoms with Gasteiger partial charge < -0.3 is 5.32 Å². The normalized spacial score (nSPS) is 10.9. The number of nitrogens with zero attached hydrogens (tertiary/aromatic N) is 1. The van der Waals surface area contributed by atoms with Gasteiger partial charge in [-0.2, -0.15) is 5.26 Å². The van der Waals surface area contributed by atoms with E-state index in [1.54, 1.807) is 17.4 Å². The lowest BCUT2D eigenvalue weighted by Crippen LogP contribution is -2.13. The number of hydrogen-bond acceptors (Lipinski definition) is 3. The molecular weight excluding hydrogens is 268 g/mol. The Morgan fingerprint density at radius 3 is 2.45 bits per heavy atom. The molecule has 1 aromatic heterocycles. The van der Waals surface area contributed by atoms with E-state index in [0.717, 1.165) is 15.3 Å². The van der Waals surface area contributed by atoms with Crippen molar-refractivity contribution in [1.29, 1.82) is 5.26 Å².